The highest BCUT2D eigenvalue weighted by Crippen LogP contribution is 2.36. The summed E-state index contributed by atoms with van der Waals surface area (Å²) in [4.78, 5) is 8.70. The van der Waals surface area contributed by atoms with E-state index in [2.05, 4.69) is 22.2 Å². The zero-order valence-corrected chi connectivity index (χ0v) is 12.0. The van der Waals surface area contributed by atoms with E-state index >= 15 is 0 Å². The van der Waals surface area contributed by atoms with E-state index in [4.69, 9.17) is 9.47 Å². The van der Waals surface area contributed by atoms with E-state index in [0.717, 1.165) is 28.4 Å². The van der Waals surface area contributed by atoms with Gasteiger partial charge in [-0.1, -0.05) is 0 Å². The molecule has 3 rings (SSSR count). The highest BCUT2D eigenvalue weighted by molar-refractivity contribution is 5.94. The van der Waals surface area contributed by atoms with Crippen LogP contribution in [0.5, 0.6) is 11.5 Å². The van der Waals surface area contributed by atoms with Gasteiger partial charge < -0.3 is 14.8 Å². The Balaban J connectivity index is 2.06. The molecule has 1 heterocycles. The van der Waals surface area contributed by atoms with E-state index in [1.165, 1.54) is 12.8 Å². The zero-order valence-electron chi connectivity index (χ0n) is 12.0. The maximum atomic E-state index is 5.39. The van der Waals surface area contributed by atoms with E-state index in [0.29, 0.717) is 11.8 Å². The number of nitrogens with one attached hydrogen (secondary N) is 1. The van der Waals surface area contributed by atoms with Crippen LogP contribution in [0.25, 0.3) is 10.9 Å². The molecule has 1 aliphatic carbocycles. The molecule has 5 nitrogen and oxygen atoms in total. The predicted molar refractivity (Wildman–Crippen MR) is 78.5 cm³/mol. The van der Waals surface area contributed by atoms with Crippen LogP contribution >= 0.6 is 0 Å². The van der Waals surface area contributed by atoms with Crippen LogP contribution in [0.2, 0.25) is 0 Å². The average Bonchev–Trinajstić information content (AvgIpc) is 3.31. The molecule has 1 atom stereocenters. The Morgan fingerprint density at radius 3 is 2.65 bits per heavy atom. The molecule has 1 aromatic carbocycles. The number of nitrogens with zero attached hydrogens (tertiary/aromatic N) is 2. The van der Waals surface area contributed by atoms with Gasteiger partial charge >= 0.3 is 0 Å². The van der Waals surface area contributed by atoms with Crippen LogP contribution in [0.1, 0.15) is 19.8 Å². The number of hydrogen-bond acceptors (Lipinski definition) is 5. The molecule has 0 amide bonds. The SMILES string of the molecule is COc1cc(OC)c2ncnc(N[C@@H](C)C3CC3)c2c1. The van der Waals surface area contributed by atoms with Gasteiger partial charge in [0.1, 0.15) is 29.2 Å². The van der Waals surface area contributed by atoms with E-state index in [1.807, 2.05) is 12.1 Å². The van der Waals surface area contributed by atoms with Crippen molar-refractivity contribution in [3.63, 3.8) is 0 Å². The lowest BCUT2D eigenvalue weighted by molar-refractivity contribution is 0.397. The van der Waals surface area contributed by atoms with Crippen molar-refractivity contribution in [3.8, 4) is 11.5 Å². The Kier molecular flexibility index (Phi) is 3.34. The second-order valence-electron chi connectivity index (χ2n) is 5.22. The summed E-state index contributed by atoms with van der Waals surface area (Å²) in [5.74, 6) is 3.04. The Labute approximate surface area is 118 Å². The number of ether oxygens (including phenoxy) is 2. The van der Waals surface area contributed by atoms with Crippen LogP contribution in [0.15, 0.2) is 18.5 Å². The van der Waals surface area contributed by atoms with Crippen molar-refractivity contribution >= 4 is 16.7 Å². The fraction of sp³-hybridized carbons (Fsp3) is 0.467. The van der Waals surface area contributed by atoms with Crippen molar-refractivity contribution in [1.29, 1.82) is 0 Å². The molecule has 20 heavy (non-hydrogen) atoms. The van der Waals surface area contributed by atoms with Crippen molar-refractivity contribution < 1.29 is 9.47 Å². The number of methoxy groups -OCH3 is 2. The molecular formula is C15H19N3O2. The minimum absolute atomic E-state index is 0.422. The Bertz CT molecular complexity index is 626. The van der Waals surface area contributed by atoms with E-state index in [-0.39, 0.29) is 0 Å². The van der Waals surface area contributed by atoms with E-state index in [9.17, 15) is 0 Å². The molecule has 0 spiro atoms. The van der Waals surface area contributed by atoms with Gasteiger partial charge in [0, 0.05) is 12.1 Å². The van der Waals surface area contributed by atoms with Crippen LogP contribution in [0.3, 0.4) is 0 Å². The summed E-state index contributed by atoms with van der Waals surface area (Å²) < 4.78 is 10.7. The molecule has 1 aromatic heterocycles. The Hall–Kier alpha value is -2.04. The zero-order chi connectivity index (χ0) is 14.1. The molecule has 5 heteroatoms. The van der Waals surface area contributed by atoms with E-state index in [1.54, 1.807) is 20.5 Å². The molecule has 1 saturated carbocycles. The summed E-state index contributed by atoms with van der Waals surface area (Å²) in [7, 11) is 3.28. The minimum Gasteiger partial charge on any atom is -0.497 e. The van der Waals surface area contributed by atoms with Crippen LogP contribution in [-0.2, 0) is 0 Å². The van der Waals surface area contributed by atoms with Crippen molar-refractivity contribution in [2.24, 2.45) is 5.92 Å². The average molecular weight is 273 g/mol. The van der Waals surface area contributed by atoms with Gasteiger partial charge in [-0.2, -0.15) is 0 Å². The quantitative estimate of drug-likeness (QED) is 0.907. The smallest absolute Gasteiger partial charge is 0.148 e. The normalized spacial score (nSPS) is 15.9. The first kappa shape index (κ1) is 13.0. The lowest BCUT2D eigenvalue weighted by Gasteiger charge is -2.16. The molecular weight excluding hydrogens is 254 g/mol. The van der Waals surface area contributed by atoms with Crippen molar-refractivity contribution in [2.75, 3.05) is 19.5 Å². The van der Waals surface area contributed by atoms with Crippen molar-refractivity contribution in [1.82, 2.24) is 9.97 Å². The summed E-state index contributed by atoms with van der Waals surface area (Å²) in [6, 6.07) is 4.20. The largest absolute Gasteiger partial charge is 0.497 e. The van der Waals surface area contributed by atoms with Gasteiger partial charge in [-0.05, 0) is 31.7 Å². The number of benzene rings is 1. The summed E-state index contributed by atoms with van der Waals surface area (Å²) in [5, 5.41) is 4.41. The number of aromatic nitrogens is 2. The first-order chi connectivity index (χ1) is 9.72. The Morgan fingerprint density at radius 1 is 1.20 bits per heavy atom. The van der Waals surface area contributed by atoms with Gasteiger partial charge in [0.2, 0.25) is 0 Å². The van der Waals surface area contributed by atoms with Gasteiger partial charge in [-0.25, -0.2) is 9.97 Å². The first-order valence-corrected chi connectivity index (χ1v) is 6.86. The van der Waals surface area contributed by atoms with Crippen LogP contribution < -0.4 is 14.8 Å². The molecule has 106 valence electrons. The first-order valence-electron chi connectivity index (χ1n) is 6.86. The predicted octanol–water partition coefficient (Wildman–Crippen LogP) is 2.86. The van der Waals surface area contributed by atoms with Crippen LogP contribution in [0, 0.1) is 5.92 Å². The third-order valence-electron chi connectivity index (χ3n) is 3.83. The monoisotopic (exact) mass is 273 g/mol. The lowest BCUT2D eigenvalue weighted by atomic mass is 10.1. The third kappa shape index (κ3) is 2.35. The number of anilines is 1. The van der Waals surface area contributed by atoms with Gasteiger partial charge in [0.15, 0.2) is 0 Å². The summed E-state index contributed by atoms with van der Waals surface area (Å²) in [5.41, 5.74) is 0.800. The minimum atomic E-state index is 0.422. The molecule has 1 fully saturated rings. The van der Waals surface area contributed by atoms with Crippen LogP contribution in [-0.4, -0.2) is 30.2 Å². The van der Waals surface area contributed by atoms with Gasteiger partial charge in [-0.3, -0.25) is 0 Å². The second-order valence-corrected chi connectivity index (χ2v) is 5.22. The van der Waals surface area contributed by atoms with E-state index < -0.39 is 0 Å². The van der Waals surface area contributed by atoms with Gasteiger partial charge in [-0.15, -0.1) is 0 Å². The molecule has 2 aromatic rings. The number of rotatable bonds is 5. The molecule has 0 saturated heterocycles. The van der Waals surface area contributed by atoms with Gasteiger partial charge in [0.05, 0.1) is 19.6 Å². The molecule has 0 bridgehead atoms. The number of fused-ring (bicyclic) bond motifs is 1. The molecule has 1 aliphatic rings. The third-order valence-corrected chi connectivity index (χ3v) is 3.83. The molecule has 0 aliphatic heterocycles. The molecule has 0 radical (unpaired) electrons. The van der Waals surface area contributed by atoms with Crippen molar-refractivity contribution in [3.05, 3.63) is 18.5 Å². The summed E-state index contributed by atoms with van der Waals surface area (Å²) in [6.07, 6.45) is 4.16. The summed E-state index contributed by atoms with van der Waals surface area (Å²) in [6.45, 7) is 2.20. The van der Waals surface area contributed by atoms with Gasteiger partial charge in [0.25, 0.3) is 0 Å². The fourth-order valence-electron chi connectivity index (χ4n) is 2.43. The lowest BCUT2D eigenvalue weighted by Crippen LogP contribution is -2.18. The highest BCUT2D eigenvalue weighted by atomic mass is 16.5. The topological polar surface area (TPSA) is 56.3 Å². The summed E-state index contributed by atoms with van der Waals surface area (Å²) >= 11 is 0. The maximum absolute atomic E-state index is 5.39. The standard InChI is InChI=1S/C15H19N3O2/c1-9(10-4-5-10)18-15-12-6-11(19-2)7-13(20-3)14(12)16-8-17-15/h6-10H,4-5H2,1-3H3,(H,16,17,18)/t9-/m0/s1. The van der Waals surface area contributed by atoms with Crippen molar-refractivity contribution in [2.45, 2.75) is 25.8 Å². The number of hydrogen-bond donors (Lipinski definition) is 1. The maximum Gasteiger partial charge on any atom is 0.148 e. The second kappa shape index (κ2) is 5.15. The van der Waals surface area contributed by atoms with Crippen LogP contribution in [0.4, 0.5) is 5.82 Å². The highest BCUT2D eigenvalue weighted by Gasteiger charge is 2.28. The fourth-order valence-corrected chi connectivity index (χ4v) is 2.43. The molecule has 1 N–H and O–H groups in total. The molecule has 0 unspecified atom stereocenters. The Morgan fingerprint density at radius 2 is 2.00 bits per heavy atom.